The van der Waals surface area contributed by atoms with Crippen molar-refractivity contribution in [3.05, 3.63) is 77.4 Å². The van der Waals surface area contributed by atoms with Gasteiger partial charge < -0.3 is 14.9 Å². The molecule has 3 rings (SSSR count). The lowest BCUT2D eigenvalue weighted by Gasteiger charge is -2.14. The maximum Gasteiger partial charge on any atom is 0.328 e. The fourth-order valence-electron chi connectivity index (χ4n) is 2.87. The number of hydrogen-bond donors (Lipinski definition) is 3. The van der Waals surface area contributed by atoms with Crippen LogP contribution in [-0.4, -0.2) is 52.2 Å². The van der Waals surface area contributed by atoms with E-state index in [1.54, 1.807) is 5.01 Å². The molecule has 1 heterocycles. The van der Waals surface area contributed by atoms with Gasteiger partial charge in [-0.25, -0.2) is 15.4 Å². The molecule has 0 fully saturated rings. The van der Waals surface area contributed by atoms with Crippen molar-refractivity contribution >= 4 is 17.8 Å². The summed E-state index contributed by atoms with van der Waals surface area (Å²) < 4.78 is 5.82. The molecule has 2 aromatic carbocycles. The van der Waals surface area contributed by atoms with E-state index in [2.05, 4.69) is 67.4 Å². The number of carbonyl (C=O) groups is 2. The van der Waals surface area contributed by atoms with Crippen molar-refractivity contribution in [3.8, 4) is 5.75 Å². The maximum atomic E-state index is 9.55. The molecular weight excluding hydrogens is 410 g/mol. The maximum absolute atomic E-state index is 9.55. The Labute approximate surface area is 187 Å². The molecule has 1 atom stereocenters. The zero-order valence-electron chi connectivity index (χ0n) is 18.3. The summed E-state index contributed by atoms with van der Waals surface area (Å²) in [6.07, 6.45) is 3.29. The summed E-state index contributed by atoms with van der Waals surface area (Å²) in [6, 6.07) is 16.9. The van der Waals surface area contributed by atoms with Crippen LogP contribution >= 0.6 is 0 Å². The number of rotatable bonds is 8. The molecule has 2 aromatic rings. The number of nitrogens with zero attached hydrogens (tertiary/aromatic N) is 2. The molecule has 8 heteroatoms. The first kappa shape index (κ1) is 24.6. The highest BCUT2D eigenvalue weighted by atomic mass is 16.5. The van der Waals surface area contributed by atoms with E-state index in [-0.39, 0.29) is 6.10 Å². The number of aliphatic carboxylic acids is 2. The Hall–Kier alpha value is -3.65. The smallest absolute Gasteiger partial charge is 0.328 e. The Morgan fingerprint density at radius 3 is 2.03 bits per heavy atom. The molecule has 0 aromatic heterocycles. The highest BCUT2D eigenvalue weighted by Gasteiger charge is 2.14. The largest absolute Gasteiger partial charge is 0.491 e. The second-order valence-corrected chi connectivity index (χ2v) is 7.26. The number of amidine groups is 1. The minimum Gasteiger partial charge on any atom is -0.491 e. The minimum atomic E-state index is -1.26. The minimum absolute atomic E-state index is 0.254. The van der Waals surface area contributed by atoms with Gasteiger partial charge in [0.15, 0.2) is 0 Å². The van der Waals surface area contributed by atoms with Crippen LogP contribution in [0.25, 0.3) is 0 Å². The number of hydrazine groups is 1. The van der Waals surface area contributed by atoms with Crippen molar-refractivity contribution in [2.45, 2.75) is 32.8 Å². The van der Waals surface area contributed by atoms with Crippen LogP contribution in [0.2, 0.25) is 0 Å². The van der Waals surface area contributed by atoms with E-state index in [9.17, 15) is 9.59 Å². The van der Waals surface area contributed by atoms with Gasteiger partial charge >= 0.3 is 11.9 Å². The van der Waals surface area contributed by atoms with Crippen LogP contribution in [0, 0.1) is 0 Å². The van der Waals surface area contributed by atoms with Crippen LogP contribution in [0.15, 0.2) is 65.7 Å². The molecule has 0 saturated carbocycles. The average Bonchev–Trinajstić information content (AvgIpc) is 3.20. The molecule has 1 aliphatic rings. The number of aliphatic imine (C=N–C) groups is 1. The Balaban J connectivity index is 0.000000390. The van der Waals surface area contributed by atoms with Crippen LogP contribution in [0.1, 0.15) is 37.0 Å². The third-order valence-corrected chi connectivity index (χ3v) is 4.70. The van der Waals surface area contributed by atoms with Crippen molar-refractivity contribution in [3.63, 3.8) is 0 Å². The Morgan fingerprint density at radius 1 is 1.06 bits per heavy atom. The zero-order valence-corrected chi connectivity index (χ0v) is 18.3. The molecule has 4 N–H and O–H groups in total. The van der Waals surface area contributed by atoms with Crippen molar-refractivity contribution in [1.29, 1.82) is 0 Å². The fourth-order valence-corrected chi connectivity index (χ4v) is 2.87. The third kappa shape index (κ3) is 8.23. The first-order chi connectivity index (χ1) is 15.3. The molecule has 0 radical (unpaired) electrons. The summed E-state index contributed by atoms with van der Waals surface area (Å²) >= 11 is 0. The third-order valence-electron chi connectivity index (χ3n) is 4.70. The molecule has 0 amide bonds. The van der Waals surface area contributed by atoms with Gasteiger partial charge in [-0.05, 0) is 43.0 Å². The molecule has 0 saturated heterocycles. The first-order valence-corrected chi connectivity index (χ1v) is 10.3. The van der Waals surface area contributed by atoms with Gasteiger partial charge in [0.2, 0.25) is 0 Å². The predicted octanol–water partition coefficient (Wildman–Crippen LogP) is 3.10. The lowest BCUT2D eigenvalue weighted by molar-refractivity contribution is -0.134. The second kappa shape index (κ2) is 12.3. The van der Waals surface area contributed by atoms with Crippen molar-refractivity contribution in [2.24, 2.45) is 10.8 Å². The number of benzene rings is 2. The van der Waals surface area contributed by atoms with Gasteiger partial charge in [0.1, 0.15) is 11.6 Å². The van der Waals surface area contributed by atoms with Crippen LogP contribution in [0.3, 0.4) is 0 Å². The normalized spacial score (nSPS) is 13.8. The van der Waals surface area contributed by atoms with Gasteiger partial charge in [-0.2, -0.15) is 0 Å². The monoisotopic (exact) mass is 439 g/mol. The van der Waals surface area contributed by atoms with Gasteiger partial charge in [-0.1, -0.05) is 43.3 Å². The van der Waals surface area contributed by atoms with Crippen LogP contribution in [0.4, 0.5) is 0 Å². The molecular formula is C24H29N3O5. The molecule has 170 valence electrons. The van der Waals surface area contributed by atoms with E-state index in [0.29, 0.717) is 12.2 Å². The van der Waals surface area contributed by atoms with E-state index in [1.165, 1.54) is 11.1 Å². The number of hydrogen-bond acceptors (Lipinski definition) is 6. The van der Waals surface area contributed by atoms with Crippen LogP contribution in [-0.2, 0) is 16.0 Å². The average molecular weight is 440 g/mol. The topological polar surface area (TPSA) is 125 Å². The summed E-state index contributed by atoms with van der Waals surface area (Å²) in [6.45, 7) is 5.79. The zero-order chi connectivity index (χ0) is 23.5. The molecule has 0 spiro atoms. The lowest BCUT2D eigenvalue weighted by atomic mass is 10.0. The van der Waals surface area contributed by atoms with Crippen molar-refractivity contribution < 1.29 is 24.5 Å². The molecule has 32 heavy (non-hydrogen) atoms. The first-order valence-electron chi connectivity index (χ1n) is 10.3. The number of carboxylic acids is 2. The Bertz CT molecular complexity index is 937. The Morgan fingerprint density at radius 2 is 1.59 bits per heavy atom. The van der Waals surface area contributed by atoms with Crippen LogP contribution < -0.4 is 10.6 Å². The van der Waals surface area contributed by atoms with Gasteiger partial charge in [-0.3, -0.25) is 10.0 Å². The van der Waals surface area contributed by atoms with Gasteiger partial charge in [-0.15, -0.1) is 0 Å². The van der Waals surface area contributed by atoms with Gasteiger partial charge in [0.05, 0.1) is 19.2 Å². The quantitative estimate of drug-likeness (QED) is 0.426. The van der Waals surface area contributed by atoms with E-state index in [0.717, 1.165) is 43.1 Å². The summed E-state index contributed by atoms with van der Waals surface area (Å²) in [5, 5.41) is 17.3. The summed E-state index contributed by atoms with van der Waals surface area (Å²) in [4.78, 5) is 23.6. The number of nitrogens with two attached hydrogens (primary N) is 1. The molecule has 0 aliphatic carbocycles. The molecule has 1 aliphatic heterocycles. The van der Waals surface area contributed by atoms with Crippen molar-refractivity contribution in [2.75, 3.05) is 13.1 Å². The van der Waals surface area contributed by atoms with Gasteiger partial charge in [0.25, 0.3) is 0 Å². The molecule has 0 unspecified atom stereocenters. The molecule has 0 bridgehead atoms. The van der Waals surface area contributed by atoms with Crippen molar-refractivity contribution in [1.82, 2.24) is 5.01 Å². The SMILES string of the molecule is CC[C@@H](C)Oc1ccc(Cc2ccc(C3=NCCN3N)cc2)cc1.O=C(O)/C=C\C(=O)O. The van der Waals surface area contributed by atoms with Gasteiger partial charge in [0, 0.05) is 17.7 Å². The van der Waals surface area contributed by atoms with E-state index in [1.807, 2.05) is 0 Å². The Kier molecular flexibility index (Phi) is 9.43. The predicted molar refractivity (Wildman–Crippen MR) is 123 cm³/mol. The van der Waals surface area contributed by atoms with E-state index < -0.39 is 11.9 Å². The highest BCUT2D eigenvalue weighted by Crippen LogP contribution is 2.18. The number of carboxylic acid groups (broad SMARTS) is 2. The standard InChI is InChI=1S/C20H25N3O.C4H4O4/c1-3-15(2)24-19-10-6-17(7-11-19)14-16-4-8-18(9-5-16)20-22-12-13-23(20)21;5-3(6)1-2-4(7)8/h4-11,15H,3,12-14,21H2,1-2H3;1-2H,(H,5,6)(H,7,8)/b;2-1-/t15-;/m1./s1. The summed E-state index contributed by atoms with van der Waals surface area (Å²) in [5.74, 6) is 5.23. The highest BCUT2D eigenvalue weighted by molar-refractivity contribution is 5.99. The van der Waals surface area contributed by atoms with E-state index in [4.69, 9.17) is 20.8 Å². The van der Waals surface area contributed by atoms with E-state index >= 15 is 0 Å². The fraction of sp³-hybridized carbons (Fsp3) is 0.292. The summed E-state index contributed by atoms with van der Waals surface area (Å²) in [7, 11) is 0. The number of ether oxygens (including phenoxy) is 1. The van der Waals surface area contributed by atoms with Crippen LogP contribution in [0.5, 0.6) is 5.75 Å². The lowest BCUT2D eigenvalue weighted by Crippen LogP contribution is -2.34. The second-order valence-electron chi connectivity index (χ2n) is 7.26. The molecule has 8 nitrogen and oxygen atoms in total. The summed E-state index contributed by atoms with van der Waals surface area (Å²) in [5.41, 5.74) is 3.63.